The molecule has 1 atom stereocenters. The lowest BCUT2D eigenvalue weighted by Gasteiger charge is -2.33. The summed E-state index contributed by atoms with van der Waals surface area (Å²) in [5.41, 5.74) is 2.04. The van der Waals surface area contributed by atoms with Crippen molar-refractivity contribution in [3.63, 3.8) is 0 Å². The molecule has 41 heavy (non-hydrogen) atoms. The molecular formula is C31H38BrN3O5S. The molecule has 1 N–H and O–H groups in total. The first-order valence-electron chi connectivity index (χ1n) is 13.7. The number of nitrogens with one attached hydrogen (secondary N) is 1. The third kappa shape index (κ3) is 8.56. The number of aryl methyl sites for hydroxylation is 1. The minimum atomic E-state index is -4.11. The molecule has 3 rings (SSSR count). The molecule has 0 bridgehead atoms. The molecule has 0 fully saturated rings. The van der Waals surface area contributed by atoms with E-state index in [2.05, 4.69) is 21.2 Å². The number of nitrogens with zero attached hydrogens (tertiary/aromatic N) is 2. The van der Waals surface area contributed by atoms with E-state index in [0.29, 0.717) is 24.4 Å². The third-order valence-electron chi connectivity index (χ3n) is 6.73. The van der Waals surface area contributed by atoms with Crippen molar-refractivity contribution in [2.24, 2.45) is 0 Å². The summed E-state index contributed by atoms with van der Waals surface area (Å²) < 4.78 is 35.0. The first kappa shape index (κ1) is 32.1. The molecule has 0 aliphatic rings. The van der Waals surface area contributed by atoms with Gasteiger partial charge in [0.15, 0.2) is 0 Å². The highest BCUT2D eigenvalue weighted by atomic mass is 79.9. The Bertz CT molecular complexity index is 1400. The Labute approximate surface area is 251 Å². The number of ether oxygens (including phenoxy) is 1. The summed E-state index contributed by atoms with van der Waals surface area (Å²) in [5.74, 6) is -0.0853. The number of hydrogen-bond donors (Lipinski definition) is 1. The highest BCUT2D eigenvalue weighted by Gasteiger charge is 2.33. The fraction of sp³-hybridized carbons (Fsp3) is 0.355. The number of anilines is 1. The Balaban J connectivity index is 2.02. The molecule has 0 aromatic heterocycles. The van der Waals surface area contributed by atoms with Crippen LogP contribution in [0.25, 0.3) is 0 Å². The van der Waals surface area contributed by atoms with Gasteiger partial charge in [0.25, 0.3) is 10.0 Å². The molecule has 0 aliphatic carbocycles. The molecule has 3 aromatic carbocycles. The molecule has 10 heteroatoms. The minimum absolute atomic E-state index is 0.0740. The highest BCUT2D eigenvalue weighted by Crippen LogP contribution is 2.27. The predicted molar refractivity (Wildman–Crippen MR) is 165 cm³/mol. The molecule has 220 valence electrons. The van der Waals surface area contributed by atoms with Gasteiger partial charge in [0, 0.05) is 17.6 Å². The predicted octanol–water partition coefficient (Wildman–Crippen LogP) is 5.69. The van der Waals surface area contributed by atoms with Crippen molar-refractivity contribution in [2.45, 2.75) is 57.5 Å². The number of unbranched alkanes of at least 4 members (excludes halogenated alkanes) is 1. The van der Waals surface area contributed by atoms with Gasteiger partial charge in [-0.3, -0.25) is 13.9 Å². The molecule has 0 unspecified atom stereocenters. The Hall–Kier alpha value is -3.37. The highest BCUT2D eigenvalue weighted by molar-refractivity contribution is 9.10. The van der Waals surface area contributed by atoms with Crippen molar-refractivity contribution in [3.8, 4) is 5.75 Å². The summed E-state index contributed by atoms with van der Waals surface area (Å²) in [7, 11) is -2.54. The van der Waals surface area contributed by atoms with E-state index in [0.717, 1.165) is 32.7 Å². The van der Waals surface area contributed by atoms with Gasteiger partial charge in [-0.05, 0) is 73.9 Å². The standard InChI is InChI=1S/C31H38BrN3O5S/c1-5-7-20-33-31(37)29(6-2)34(21-24-10-16-27(40-4)17-11-24)30(36)22-35(26-14-12-25(32)13-15-26)41(38,39)28-18-8-23(3)9-19-28/h8-19,29H,5-7,20-22H2,1-4H3,(H,33,37)/t29-/m0/s1. The van der Waals surface area contributed by atoms with Crippen LogP contribution in [0.3, 0.4) is 0 Å². The Kier molecular flexibility index (Phi) is 11.8. The van der Waals surface area contributed by atoms with Crippen LogP contribution in [-0.2, 0) is 26.2 Å². The number of rotatable bonds is 14. The molecule has 8 nitrogen and oxygen atoms in total. The summed E-state index contributed by atoms with van der Waals surface area (Å²) >= 11 is 3.39. The Morgan fingerprint density at radius 1 is 0.951 bits per heavy atom. The van der Waals surface area contributed by atoms with Crippen molar-refractivity contribution in [3.05, 3.63) is 88.4 Å². The van der Waals surface area contributed by atoms with Crippen LogP contribution in [0.2, 0.25) is 0 Å². The van der Waals surface area contributed by atoms with Crippen LogP contribution in [0.4, 0.5) is 5.69 Å². The quantitative estimate of drug-likeness (QED) is 0.228. The summed E-state index contributed by atoms with van der Waals surface area (Å²) in [6.45, 7) is 5.90. The van der Waals surface area contributed by atoms with E-state index in [1.54, 1.807) is 55.6 Å². The maximum absolute atomic E-state index is 14.1. The molecule has 0 spiro atoms. The maximum Gasteiger partial charge on any atom is 0.264 e. The normalized spacial score (nSPS) is 11.9. The second kappa shape index (κ2) is 15.0. The fourth-order valence-electron chi connectivity index (χ4n) is 4.33. The molecule has 0 aliphatic heterocycles. The smallest absolute Gasteiger partial charge is 0.264 e. The number of methoxy groups -OCH3 is 1. The largest absolute Gasteiger partial charge is 0.497 e. The second-order valence-electron chi connectivity index (χ2n) is 9.74. The number of halogens is 1. The topological polar surface area (TPSA) is 96.0 Å². The molecule has 2 amide bonds. The van der Waals surface area contributed by atoms with Gasteiger partial charge < -0.3 is 15.0 Å². The first-order chi connectivity index (χ1) is 19.6. The zero-order valence-corrected chi connectivity index (χ0v) is 26.4. The molecular weight excluding hydrogens is 606 g/mol. The van der Waals surface area contributed by atoms with E-state index in [1.165, 1.54) is 17.0 Å². The number of benzene rings is 3. The number of hydrogen-bond acceptors (Lipinski definition) is 5. The van der Waals surface area contributed by atoms with E-state index in [1.807, 2.05) is 32.9 Å². The summed E-state index contributed by atoms with van der Waals surface area (Å²) in [6, 6.07) is 19.7. The zero-order valence-electron chi connectivity index (χ0n) is 24.0. The minimum Gasteiger partial charge on any atom is -0.497 e. The number of sulfonamides is 1. The van der Waals surface area contributed by atoms with Crippen LogP contribution < -0.4 is 14.4 Å². The van der Waals surface area contributed by atoms with Crippen molar-refractivity contribution < 1.29 is 22.7 Å². The van der Waals surface area contributed by atoms with Gasteiger partial charge >= 0.3 is 0 Å². The SMILES string of the molecule is CCCCNC(=O)[C@H](CC)N(Cc1ccc(OC)cc1)C(=O)CN(c1ccc(Br)cc1)S(=O)(=O)c1ccc(C)cc1. The van der Waals surface area contributed by atoms with E-state index < -0.39 is 28.5 Å². The second-order valence-corrected chi connectivity index (χ2v) is 12.5. The van der Waals surface area contributed by atoms with Gasteiger partial charge in [-0.2, -0.15) is 0 Å². The lowest BCUT2D eigenvalue weighted by molar-refractivity contribution is -0.140. The molecule has 0 saturated heterocycles. The van der Waals surface area contributed by atoms with E-state index in [9.17, 15) is 18.0 Å². The third-order valence-corrected chi connectivity index (χ3v) is 9.05. The first-order valence-corrected chi connectivity index (χ1v) is 15.9. The lowest BCUT2D eigenvalue weighted by Crippen LogP contribution is -2.52. The fourth-order valence-corrected chi connectivity index (χ4v) is 6.01. The van der Waals surface area contributed by atoms with Crippen LogP contribution in [0.15, 0.2) is 82.2 Å². The van der Waals surface area contributed by atoms with Crippen molar-refractivity contribution in [1.82, 2.24) is 10.2 Å². The average Bonchev–Trinajstić information content (AvgIpc) is 2.97. The summed E-state index contributed by atoms with van der Waals surface area (Å²) in [6.07, 6.45) is 2.11. The van der Waals surface area contributed by atoms with Crippen LogP contribution in [0, 0.1) is 6.92 Å². The van der Waals surface area contributed by atoms with Gasteiger partial charge in [0.1, 0.15) is 18.3 Å². The van der Waals surface area contributed by atoms with Crippen LogP contribution in [0.1, 0.15) is 44.2 Å². The van der Waals surface area contributed by atoms with Crippen LogP contribution in [0.5, 0.6) is 5.75 Å². The lowest BCUT2D eigenvalue weighted by atomic mass is 10.1. The number of carbonyl (C=O) groups is 2. The Morgan fingerprint density at radius 3 is 2.15 bits per heavy atom. The zero-order chi connectivity index (χ0) is 30.0. The van der Waals surface area contributed by atoms with E-state index in [4.69, 9.17) is 4.74 Å². The molecule has 0 radical (unpaired) electrons. The van der Waals surface area contributed by atoms with Crippen molar-refractivity contribution in [2.75, 3.05) is 24.5 Å². The van der Waals surface area contributed by atoms with Crippen LogP contribution in [-0.4, -0.2) is 51.4 Å². The number of carbonyl (C=O) groups excluding carboxylic acids is 2. The molecule has 0 saturated carbocycles. The van der Waals surface area contributed by atoms with E-state index >= 15 is 0 Å². The van der Waals surface area contributed by atoms with Crippen molar-refractivity contribution in [1.29, 1.82) is 0 Å². The maximum atomic E-state index is 14.1. The monoisotopic (exact) mass is 643 g/mol. The number of amides is 2. The summed E-state index contributed by atoms with van der Waals surface area (Å²) in [5, 5.41) is 2.94. The van der Waals surface area contributed by atoms with Gasteiger partial charge in [-0.1, -0.05) is 66.0 Å². The molecule has 3 aromatic rings. The molecule has 0 heterocycles. The van der Waals surface area contributed by atoms with E-state index in [-0.39, 0.29) is 17.3 Å². The average molecular weight is 645 g/mol. The van der Waals surface area contributed by atoms with Gasteiger partial charge in [-0.25, -0.2) is 8.42 Å². The van der Waals surface area contributed by atoms with Gasteiger partial charge in [-0.15, -0.1) is 0 Å². The van der Waals surface area contributed by atoms with Crippen molar-refractivity contribution >= 4 is 43.5 Å². The Morgan fingerprint density at radius 2 is 1.59 bits per heavy atom. The van der Waals surface area contributed by atoms with Gasteiger partial charge in [0.05, 0.1) is 17.7 Å². The van der Waals surface area contributed by atoms with Gasteiger partial charge in [0.2, 0.25) is 11.8 Å². The van der Waals surface area contributed by atoms with Crippen LogP contribution >= 0.6 is 15.9 Å². The summed E-state index contributed by atoms with van der Waals surface area (Å²) in [4.78, 5) is 28.9.